The van der Waals surface area contributed by atoms with Crippen molar-refractivity contribution in [2.24, 2.45) is 0 Å². The Balaban J connectivity index is 1.66. The average Bonchev–Trinajstić information content (AvgIpc) is 2.54. The fourth-order valence-electron chi connectivity index (χ4n) is 2.93. The number of hydrogen-bond donors (Lipinski definition) is 3. The van der Waals surface area contributed by atoms with E-state index in [1.807, 2.05) is 12.1 Å². The average molecular weight is 297 g/mol. The summed E-state index contributed by atoms with van der Waals surface area (Å²) in [7, 11) is 0. The van der Waals surface area contributed by atoms with Crippen LogP contribution in [0.2, 0.25) is 0 Å². The highest BCUT2D eigenvalue weighted by Crippen LogP contribution is 2.25. The van der Waals surface area contributed by atoms with E-state index in [0.717, 1.165) is 18.4 Å². The van der Waals surface area contributed by atoms with Gasteiger partial charge in [-0.25, -0.2) is 0 Å². The molecular weight excluding hydrogens is 278 g/mol. The Bertz CT molecular complexity index is 669. The van der Waals surface area contributed by atoms with Gasteiger partial charge in [-0.3, -0.25) is 4.79 Å². The summed E-state index contributed by atoms with van der Waals surface area (Å²) in [6.45, 7) is 0. The van der Waals surface area contributed by atoms with E-state index < -0.39 is 6.10 Å². The zero-order valence-electron chi connectivity index (χ0n) is 12.2. The highest BCUT2D eigenvalue weighted by atomic mass is 16.3. The molecule has 0 spiro atoms. The van der Waals surface area contributed by atoms with Gasteiger partial charge in [0.2, 0.25) is 0 Å². The zero-order chi connectivity index (χ0) is 15.5. The van der Waals surface area contributed by atoms with Gasteiger partial charge in [0.15, 0.2) is 6.10 Å². The Kier molecular flexibility index (Phi) is 4.11. The molecule has 0 saturated heterocycles. The van der Waals surface area contributed by atoms with Crippen LogP contribution in [0.3, 0.4) is 0 Å². The van der Waals surface area contributed by atoms with Gasteiger partial charge in [0.05, 0.1) is 0 Å². The molecule has 2 aromatic carbocycles. The number of aromatic hydroxyl groups is 1. The van der Waals surface area contributed by atoms with Gasteiger partial charge in [-0.05, 0) is 48.1 Å². The molecule has 0 heterocycles. The molecule has 1 amide bonds. The molecule has 0 aromatic heterocycles. The molecule has 0 fully saturated rings. The summed E-state index contributed by atoms with van der Waals surface area (Å²) < 4.78 is 0. The van der Waals surface area contributed by atoms with E-state index in [4.69, 9.17) is 0 Å². The molecule has 0 radical (unpaired) electrons. The quantitative estimate of drug-likeness (QED) is 0.812. The van der Waals surface area contributed by atoms with Crippen LogP contribution in [0.15, 0.2) is 48.5 Å². The molecule has 114 valence electrons. The van der Waals surface area contributed by atoms with E-state index in [1.54, 1.807) is 36.4 Å². The lowest BCUT2D eigenvalue weighted by Gasteiger charge is -2.26. The Labute approximate surface area is 129 Å². The summed E-state index contributed by atoms with van der Waals surface area (Å²) in [5, 5.41) is 22.6. The minimum absolute atomic E-state index is 0.0137. The molecule has 4 heteroatoms. The Morgan fingerprint density at radius 3 is 2.68 bits per heavy atom. The fraction of sp³-hybridized carbons (Fsp3) is 0.278. The third-order valence-electron chi connectivity index (χ3n) is 4.13. The van der Waals surface area contributed by atoms with Crippen LogP contribution in [0.5, 0.6) is 5.75 Å². The maximum atomic E-state index is 12.2. The second kappa shape index (κ2) is 6.20. The van der Waals surface area contributed by atoms with Crippen molar-refractivity contribution >= 4 is 5.91 Å². The highest BCUT2D eigenvalue weighted by molar-refractivity contribution is 5.82. The third kappa shape index (κ3) is 3.12. The first-order chi connectivity index (χ1) is 10.6. The smallest absolute Gasteiger partial charge is 0.253 e. The van der Waals surface area contributed by atoms with Crippen molar-refractivity contribution < 1.29 is 15.0 Å². The number of phenolic OH excluding ortho intramolecular Hbond substituents is 1. The second-order valence-corrected chi connectivity index (χ2v) is 5.71. The van der Waals surface area contributed by atoms with Gasteiger partial charge < -0.3 is 15.5 Å². The molecule has 1 aliphatic carbocycles. The van der Waals surface area contributed by atoms with Crippen molar-refractivity contribution in [1.82, 2.24) is 5.32 Å². The first-order valence-corrected chi connectivity index (χ1v) is 7.47. The van der Waals surface area contributed by atoms with Crippen molar-refractivity contribution in [3.63, 3.8) is 0 Å². The number of aliphatic hydroxyl groups is 1. The minimum atomic E-state index is -1.15. The topological polar surface area (TPSA) is 69.6 Å². The van der Waals surface area contributed by atoms with Crippen LogP contribution in [-0.2, 0) is 17.6 Å². The number of nitrogens with one attached hydrogen (secondary N) is 1. The third-order valence-corrected chi connectivity index (χ3v) is 4.13. The van der Waals surface area contributed by atoms with E-state index >= 15 is 0 Å². The molecule has 0 bridgehead atoms. The summed E-state index contributed by atoms with van der Waals surface area (Å²) in [5.41, 5.74) is 2.87. The van der Waals surface area contributed by atoms with Gasteiger partial charge in [0, 0.05) is 6.04 Å². The van der Waals surface area contributed by atoms with Crippen LogP contribution < -0.4 is 5.32 Å². The van der Waals surface area contributed by atoms with Crippen LogP contribution in [0.25, 0.3) is 0 Å². The van der Waals surface area contributed by atoms with Crippen molar-refractivity contribution in [3.05, 3.63) is 65.2 Å². The van der Waals surface area contributed by atoms with Crippen molar-refractivity contribution in [2.45, 2.75) is 31.4 Å². The van der Waals surface area contributed by atoms with Crippen molar-refractivity contribution in [1.29, 1.82) is 0 Å². The number of aliphatic hydroxyl groups excluding tert-OH is 1. The minimum Gasteiger partial charge on any atom is -0.508 e. The number of carbonyl (C=O) groups excluding carboxylic acids is 1. The predicted octanol–water partition coefficient (Wildman–Crippen LogP) is 2.10. The molecule has 1 unspecified atom stereocenters. The Morgan fingerprint density at radius 2 is 1.91 bits per heavy atom. The molecular formula is C18H19NO3. The van der Waals surface area contributed by atoms with Gasteiger partial charge in [0.1, 0.15) is 5.75 Å². The number of amides is 1. The number of carbonyl (C=O) groups is 1. The molecule has 3 N–H and O–H groups in total. The molecule has 1 aliphatic rings. The number of rotatable bonds is 3. The van der Waals surface area contributed by atoms with Gasteiger partial charge in [-0.1, -0.05) is 36.4 Å². The predicted molar refractivity (Wildman–Crippen MR) is 83.5 cm³/mol. The number of fused-ring (bicyclic) bond motifs is 1. The van der Waals surface area contributed by atoms with Crippen LogP contribution in [0, 0.1) is 0 Å². The fourth-order valence-corrected chi connectivity index (χ4v) is 2.93. The van der Waals surface area contributed by atoms with E-state index in [1.165, 1.54) is 5.56 Å². The second-order valence-electron chi connectivity index (χ2n) is 5.71. The zero-order valence-corrected chi connectivity index (χ0v) is 12.2. The number of aryl methyl sites for hydroxylation is 1. The van der Waals surface area contributed by atoms with E-state index in [2.05, 4.69) is 5.32 Å². The van der Waals surface area contributed by atoms with E-state index in [9.17, 15) is 15.0 Å². The monoisotopic (exact) mass is 297 g/mol. The van der Waals surface area contributed by atoms with Crippen LogP contribution in [0.1, 0.15) is 29.2 Å². The van der Waals surface area contributed by atoms with Gasteiger partial charge in [0.25, 0.3) is 5.91 Å². The number of hydrogen-bond acceptors (Lipinski definition) is 3. The number of benzene rings is 2. The lowest BCUT2D eigenvalue weighted by molar-refractivity contribution is -0.130. The summed E-state index contributed by atoms with van der Waals surface area (Å²) in [5.74, 6) is -0.130. The Hall–Kier alpha value is -2.33. The van der Waals surface area contributed by atoms with Crippen LogP contribution in [-0.4, -0.2) is 22.2 Å². The summed E-state index contributed by atoms with van der Waals surface area (Å²) in [6, 6.07) is 14.3. The molecule has 0 aliphatic heterocycles. The summed E-state index contributed by atoms with van der Waals surface area (Å²) in [6.07, 6.45) is 1.23. The Morgan fingerprint density at radius 1 is 1.14 bits per heavy atom. The lowest BCUT2D eigenvalue weighted by Crippen LogP contribution is -2.41. The molecule has 22 heavy (non-hydrogen) atoms. The maximum absolute atomic E-state index is 12.2. The largest absolute Gasteiger partial charge is 0.508 e. The molecule has 4 nitrogen and oxygen atoms in total. The first kappa shape index (κ1) is 14.6. The molecule has 3 rings (SSSR count). The molecule has 2 aromatic rings. The van der Waals surface area contributed by atoms with Crippen LogP contribution in [0.4, 0.5) is 0 Å². The van der Waals surface area contributed by atoms with Gasteiger partial charge >= 0.3 is 0 Å². The number of phenols is 1. The van der Waals surface area contributed by atoms with E-state index in [0.29, 0.717) is 12.0 Å². The van der Waals surface area contributed by atoms with E-state index in [-0.39, 0.29) is 17.7 Å². The van der Waals surface area contributed by atoms with Crippen molar-refractivity contribution in [2.75, 3.05) is 0 Å². The lowest BCUT2D eigenvalue weighted by atomic mass is 9.88. The SMILES string of the molecule is O=C(N[C@@H]1CCc2ccc(O)cc2C1)C(O)c1ccccc1. The maximum Gasteiger partial charge on any atom is 0.253 e. The van der Waals surface area contributed by atoms with Gasteiger partial charge in [-0.15, -0.1) is 0 Å². The molecule has 2 atom stereocenters. The first-order valence-electron chi connectivity index (χ1n) is 7.47. The molecule has 0 saturated carbocycles. The standard InChI is InChI=1S/C18H19NO3/c20-16-9-7-12-6-8-15(10-14(12)11-16)19-18(22)17(21)13-4-2-1-3-5-13/h1-5,7,9,11,15,17,20-21H,6,8,10H2,(H,19,22)/t15-,17?/m1/s1. The van der Waals surface area contributed by atoms with Gasteiger partial charge in [-0.2, -0.15) is 0 Å². The normalized spacial score (nSPS) is 18.3. The summed E-state index contributed by atoms with van der Waals surface area (Å²) in [4.78, 5) is 12.2. The highest BCUT2D eigenvalue weighted by Gasteiger charge is 2.24. The van der Waals surface area contributed by atoms with Crippen LogP contribution >= 0.6 is 0 Å². The van der Waals surface area contributed by atoms with Crippen molar-refractivity contribution in [3.8, 4) is 5.75 Å². The summed E-state index contributed by atoms with van der Waals surface area (Å²) >= 11 is 0.